The predicted octanol–water partition coefficient (Wildman–Crippen LogP) is 3.21. The molecule has 1 aromatic rings. The summed E-state index contributed by atoms with van der Waals surface area (Å²) in [5.41, 5.74) is -0.745. The van der Waals surface area contributed by atoms with Crippen molar-refractivity contribution in [1.29, 1.82) is 0 Å². The molecule has 3 atom stereocenters. The highest BCUT2D eigenvalue weighted by atomic mass is 19.4. The molecule has 3 aliphatic rings. The summed E-state index contributed by atoms with van der Waals surface area (Å²) in [4.78, 5) is 42.6. The van der Waals surface area contributed by atoms with E-state index in [-0.39, 0.29) is 42.2 Å². The van der Waals surface area contributed by atoms with Gasteiger partial charge >= 0.3 is 12.2 Å². The molecule has 11 heteroatoms. The van der Waals surface area contributed by atoms with Crippen LogP contribution in [-0.2, 0) is 20.5 Å². The molecule has 2 N–H and O–H groups in total. The molecule has 3 heterocycles. The average molecular weight is 509 g/mol. The Morgan fingerprint density at radius 3 is 2.58 bits per heavy atom. The molecule has 196 valence electrons. The molecule has 8 nitrogen and oxygen atoms in total. The zero-order valence-corrected chi connectivity index (χ0v) is 20.5. The number of alkyl halides is 3. The van der Waals surface area contributed by atoms with E-state index in [1.54, 1.807) is 20.8 Å². The van der Waals surface area contributed by atoms with Gasteiger partial charge in [-0.2, -0.15) is 13.2 Å². The Balaban J connectivity index is 1.68. The molecule has 36 heavy (non-hydrogen) atoms. The maximum absolute atomic E-state index is 13.8. The fourth-order valence-corrected chi connectivity index (χ4v) is 5.24. The molecule has 0 bridgehead atoms. The summed E-state index contributed by atoms with van der Waals surface area (Å²) in [5.74, 6) is -1.20. The Morgan fingerprint density at radius 1 is 1.25 bits per heavy atom. The molecule has 4 rings (SSSR count). The minimum absolute atomic E-state index is 0.0453. The van der Waals surface area contributed by atoms with Crippen molar-refractivity contribution >= 4 is 17.8 Å². The quantitative estimate of drug-likeness (QED) is 0.592. The van der Waals surface area contributed by atoms with Crippen LogP contribution in [0.4, 0.5) is 18.0 Å². The number of benzene rings is 1. The van der Waals surface area contributed by atoms with E-state index < -0.39 is 35.8 Å². The van der Waals surface area contributed by atoms with E-state index in [0.717, 1.165) is 18.9 Å². The summed E-state index contributed by atoms with van der Waals surface area (Å²) in [6, 6.07) is 2.17. The highest BCUT2D eigenvalue weighted by Gasteiger charge is 2.49. The number of halogens is 3. The van der Waals surface area contributed by atoms with Crippen molar-refractivity contribution in [2.45, 2.75) is 58.0 Å². The van der Waals surface area contributed by atoms with Gasteiger partial charge in [0.2, 0.25) is 5.91 Å². The smallest absolute Gasteiger partial charge is 0.376 e. The third-order valence-corrected chi connectivity index (χ3v) is 6.91. The van der Waals surface area contributed by atoms with Gasteiger partial charge in [0, 0.05) is 19.7 Å². The highest BCUT2D eigenvalue weighted by Crippen LogP contribution is 2.42. The molecule has 0 radical (unpaired) electrons. The first-order chi connectivity index (χ1) is 17.0. The largest absolute Gasteiger partial charge is 0.416 e. The van der Waals surface area contributed by atoms with Gasteiger partial charge < -0.3 is 20.3 Å². The van der Waals surface area contributed by atoms with Gasteiger partial charge in [-0.15, -0.1) is 0 Å². The molecule has 1 fully saturated rings. The first kappa shape index (κ1) is 26.0. The molecule has 3 aliphatic heterocycles. The molecule has 0 spiro atoms. The van der Waals surface area contributed by atoms with E-state index in [1.165, 1.54) is 28.0 Å². The number of nitrogens with zero attached hydrogens (tertiary/aromatic N) is 2. The van der Waals surface area contributed by atoms with E-state index >= 15 is 0 Å². The van der Waals surface area contributed by atoms with Gasteiger partial charge in [-0.05, 0) is 37.3 Å². The van der Waals surface area contributed by atoms with Gasteiger partial charge in [-0.25, -0.2) is 4.79 Å². The summed E-state index contributed by atoms with van der Waals surface area (Å²) in [7, 11) is 0. The standard InChI is InChI=1S/C25H31F3N4O4/c1-4-31-18-13-32(21(14(2)3)22(33)29-12-15-8-7-11-36-15)23(34)19(18)20(30-24(31)35)16-9-5-6-10-17(16)25(26,27)28/h5-6,9-10,14-15,20-21H,4,7-8,11-13H2,1-3H3,(H,29,33)(H,30,35)/t15-,20-,21+/m0/s1. The minimum atomic E-state index is -4.67. The Morgan fingerprint density at radius 2 is 1.97 bits per heavy atom. The number of urea groups is 1. The predicted molar refractivity (Wildman–Crippen MR) is 124 cm³/mol. The molecule has 0 aromatic heterocycles. The van der Waals surface area contributed by atoms with Crippen molar-refractivity contribution in [2.24, 2.45) is 5.92 Å². The Labute approximate surface area is 207 Å². The second-order valence-electron chi connectivity index (χ2n) is 9.57. The Hall–Kier alpha value is -3.08. The number of ether oxygens (including phenoxy) is 1. The molecule has 1 saturated heterocycles. The van der Waals surface area contributed by atoms with E-state index in [1.807, 2.05) is 0 Å². The van der Waals surface area contributed by atoms with E-state index in [2.05, 4.69) is 10.6 Å². The number of hydrogen-bond acceptors (Lipinski definition) is 4. The summed E-state index contributed by atoms with van der Waals surface area (Å²) in [5, 5.41) is 5.46. The SMILES string of the molecule is CCN1C(=O)N[C@@H](c2ccccc2C(F)(F)F)C2=C1CN([C@@H](C(=O)NC[C@@H]1CCCO1)C(C)C)C2=O. The number of hydrogen-bond donors (Lipinski definition) is 2. The number of amides is 4. The molecular weight excluding hydrogens is 477 g/mol. The Bertz CT molecular complexity index is 1070. The van der Waals surface area contributed by atoms with E-state index in [9.17, 15) is 27.6 Å². The highest BCUT2D eigenvalue weighted by molar-refractivity contribution is 6.03. The molecule has 4 amide bonds. The first-order valence-electron chi connectivity index (χ1n) is 12.2. The summed E-state index contributed by atoms with van der Waals surface area (Å²) in [6.45, 7) is 6.46. The average Bonchev–Trinajstić information content (AvgIpc) is 3.45. The number of rotatable bonds is 7. The number of carbonyl (C=O) groups is 3. The maximum atomic E-state index is 13.8. The zero-order valence-electron chi connectivity index (χ0n) is 20.5. The van der Waals surface area contributed by atoms with Crippen LogP contribution in [-0.4, -0.2) is 66.0 Å². The lowest BCUT2D eigenvalue weighted by Crippen LogP contribution is -2.52. The summed E-state index contributed by atoms with van der Waals surface area (Å²) in [6.07, 6.45) is -2.99. The normalized spacial score (nSPS) is 23.3. The van der Waals surface area contributed by atoms with Crippen molar-refractivity contribution in [1.82, 2.24) is 20.4 Å². The van der Waals surface area contributed by atoms with Gasteiger partial charge in [0.25, 0.3) is 5.91 Å². The van der Waals surface area contributed by atoms with Crippen molar-refractivity contribution in [2.75, 3.05) is 26.2 Å². The summed E-state index contributed by atoms with van der Waals surface area (Å²) < 4.78 is 47.0. The van der Waals surface area contributed by atoms with Crippen LogP contribution >= 0.6 is 0 Å². The third kappa shape index (κ3) is 4.80. The van der Waals surface area contributed by atoms with Crippen molar-refractivity contribution in [3.8, 4) is 0 Å². The lowest BCUT2D eigenvalue weighted by atomic mass is 9.91. The molecular formula is C25H31F3N4O4. The lowest BCUT2D eigenvalue weighted by Gasteiger charge is -2.33. The first-order valence-corrected chi connectivity index (χ1v) is 12.2. The fourth-order valence-electron chi connectivity index (χ4n) is 5.24. The Kier molecular flexibility index (Phi) is 7.31. The molecule has 0 unspecified atom stereocenters. The van der Waals surface area contributed by atoms with Gasteiger partial charge in [0.05, 0.1) is 35.5 Å². The van der Waals surface area contributed by atoms with Crippen LogP contribution < -0.4 is 10.6 Å². The number of nitrogens with one attached hydrogen (secondary N) is 2. The monoisotopic (exact) mass is 508 g/mol. The third-order valence-electron chi connectivity index (χ3n) is 6.91. The van der Waals surface area contributed by atoms with Crippen LogP contribution in [0.1, 0.15) is 50.8 Å². The molecule has 0 aliphatic carbocycles. The van der Waals surface area contributed by atoms with E-state index in [4.69, 9.17) is 4.74 Å². The van der Waals surface area contributed by atoms with E-state index in [0.29, 0.717) is 18.8 Å². The zero-order chi connectivity index (χ0) is 26.2. The lowest BCUT2D eigenvalue weighted by molar-refractivity contribution is -0.139. The van der Waals surface area contributed by atoms with Crippen LogP contribution in [0, 0.1) is 5.92 Å². The van der Waals surface area contributed by atoms with Crippen LogP contribution in [0.2, 0.25) is 0 Å². The molecule has 1 aromatic carbocycles. The minimum Gasteiger partial charge on any atom is -0.376 e. The van der Waals surface area contributed by atoms with Gasteiger partial charge in [-0.1, -0.05) is 32.0 Å². The van der Waals surface area contributed by atoms with Crippen molar-refractivity contribution in [3.63, 3.8) is 0 Å². The van der Waals surface area contributed by atoms with Crippen molar-refractivity contribution < 1.29 is 32.3 Å². The maximum Gasteiger partial charge on any atom is 0.416 e. The number of carbonyl (C=O) groups excluding carboxylic acids is 3. The van der Waals surface area contributed by atoms with Crippen LogP contribution in [0.3, 0.4) is 0 Å². The van der Waals surface area contributed by atoms with Gasteiger partial charge in [0.1, 0.15) is 6.04 Å². The van der Waals surface area contributed by atoms with Crippen molar-refractivity contribution in [3.05, 3.63) is 46.7 Å². The topological polar surface area (TPSA) is 91.0 Å². The van der Waals surface area contributed by atoms with Gasteiger partial charge in [-0.3, -0.25) is 14.5 Å². The second-order valence-corrected chi connectivity index (χ2v) is 9.57. The summed E-state index contributed by atoms with van der Waals surface area (Å²) >= 11 is 0. The van der Waals surface area contributed by atoms with Crippen LogP contribution in [0.25, 0.3) is 0 Å². The van der Waals surface area contributed by atoms with Crippen LogP contribution in [0.5, 0.6) is 0 Å². The fraction of sp³-hybridized carbons (Fsp3) is 0.560. The second kappa shape index (κ2) is 10.1. The molecule has 0 saturated carbocycles. The van der Waals surface area contributed by atoms with Gasteiger partial charge in [0.15, 0.2) is 0 Å². The van der Waals surface area contributed by atoms with Crippen LogP contribution in [0.15, 0.2) is 35.5 Å². The number of likely N-dealkylation sites (N-methyl/N-ethyl adjacent to an activating group) is 1.